The molecule has 0 saturated heterocycles. The first kappa shape index (κ1) is 28.3. The highest BCUT2D eigenvalue weighted by Gasteiger charge is 2.36. The van der Waals surface area contributed by atoms with E-state index in [1.807, 2.05) is 25.1 Å². The Morgan fingerprint density at radius 1 is 0.974 bits per heavy atom. The third-order valence-electron chi connectivity index (χ3n) is 6.30. The minimum absolute atomic E-state index is 0.0446. The number of ketones is 1. The molecule has 0 fully saturated rings. The number of imide groups is 1. The molecule has 1 unspecified atom stereocenters. The lowest BCUT2D eigenvalue weighted by Crippen LogP contribution is -2.49. The summed E-state index contributed by atoms with van der Waals surface area (Å²) in [5.74, 6) is -2.26. The summed E-state index contributed by atoms with van der Waals surface area (Å²) in [6, 6.07) is 17.9. The Morgan fingerprint density at radius 2 is 1.66 bits per heavy atom. The summed E-state index contributed by atoms with van der Waals surface area (Å²) < 4.78 is 6.93. The summed E-state index contributed by atoms with van der Waals surface area (Å²) >= 11 is 0. The molecule has 1 aromatic heterocycles. The zero-order valence-corrected chi connectivity index (χ0v) is 21.6. The van der Waals surface area contributed by atoms with Crippen molar-refractivity contribution in [3.63, 3.8) is 0 Å². The number of hydrogen-bond acceptors (Lipinski definition) is 6. The second kappa shape index (κ2) is 13.3. The Balaban J connectivity index is 1.83. The third-order valence-corrected chi connectivity index (χ3v) is 6.30. The summed E-state index contributed by atoms with van der Waals surface area (Å²) in [5.41, 5.74) is 8.60. The maximum absolute atomic E-state index is 13.4. The van der Waals surface area contributed by atoms with Gasteiger partial charge in [-0.3, -0.25) is 9.59 Å². The number of aryl methyl sites for hydroxylation is 1. The standard InChI is InChI=1S/C29H33N3O6/c1-20-11-13-22(14-12-20)27(34)24-16-15-23(31(24)2)18-26(33)32(25(28(35)36)10-6-7-17-30)29(37)38-19-21-8-4-3-5-9-21/h3-5,8-9,11-16,25H,6-7,10,17-19,30H2,1-2H3,(H,35,36). The van der Waals surface area contributed by atoms with Gasteiger partial charge in [-0.25, -0.2) is 14.5 Å². The van der Waals surface area contributed by atoms with Gasteiger partial charge in [0.25, 0.3) is 0 Å². The van der Waals surface area contributed by atoms with Crippen LogP contribution in [0, 0.1) is 6.92 Å². The molecule has 0 saturated carbocycles. The Bertz CT molecular complexity index is 1270. The molecule has 200 valence electrons. The highest BCUT2D eigenvalue weighted by molar-refractivity contribution is 6.08. The average Bonchev–Trinajstić information content (AvgIpc) is 3.26. The lowest BCUT2D eigenvalue weighted by Gasteiger charge is -2.27. The van der Waals surface area contributed by atoms with Gasteiger partial charge in [0.05, 0.1) is 12.1 Å². The van der Waals surface area contributed by atoms with Crippen molar-refractivity contribution in [3.8, 4) is 0 Å². The summed E-state index contributed by atoms with van der Waals surface area (Å²) in [4.78, 5) is 52.3. The van der Waals surface area contributed by atoms with E-state index in [-0.39, 0.29) is 25.2 Å². The molecule has 0 aliphatic rings. The largest absolute Gasteiger partial charge is 0.480 e. The molecule has 3 rings (SSSR count). The van der Waals surface area contributed by atoms with Crippen molar-refractivity contribution in [2.45, 2.75) is 45.3 Å². The molecular weight excluding hydrogens is 486 g/mol. The van der Waals surface area contributed by atoms with Gasteiger partial charge in [-0.05, 0) is 50.4 Å². The number of nitrogens with zero attached hydrogens (tertiary/aromatic N) is 2. The van der Waals surface area contributed by atoms with E-state index in [1.54, 1.807) is 60.1 Å². The zero-order chi connectivity index (χ0) is 27.7. The smallest absolute Gasteiger partial charge is 0.417 e. The predicted octanol–water partition coefficient (Wildman–Crippen LogP) is 3.85. The maximum atomic E-state index is 13.4. The van der Waals surface area contributed by atoms with Crippen molar-refractivity contribution >= 4 is 23.8 Å². The number of ether oxygens (including phenoxy) is 1. The topological polar surface area (TPSA) is 132 Å². The molecule has 38 heavy (non-hydrogen) atoms. The Labute approximate surface area is 221 Å². The summed E-state index contributed by atoms with van der Waals surface area (Å²) in [6.45, 7) is 2.18. The van der Waals surface area contributed by atoms with Crippen LogP contribution in [0.1, 0.15) is 52.1 Å². The second-order valence-electron chi connectivity index (χ2n) is 9.08. The first-order chi connectivity index (χ1) is 18.2. The van der Waals surface area contributed by atoms with Crippen LogP contribution in [-0.2, 0) is 34.4 Å². The van der Waals surface area contributed by atoms with E-state index in [1.165, 1.54) is 0 Å². The number of amides is 2. The molecule has 0 spiro atoms. The van der Waals surface area contributed by atoms with E-state index in [4.69, 9.17) is 10.5 Å². The number of benzene rings is 2. The highest BCUT2D eigenvalue weighted by atomic mass is 16.6. The number of carboxylic acid groups (broad SMARTS) is 1. The average molecular weight is 520 g/mol. The summed E-state index contributed by atoms with van der Waals surface area (Å²) in [7, 11) is 1.65. The lowest BCUT2D eigenvalue weighted by atomic mass is 10.1. The SMILES string of the molecule is Cc1ccc(C(=O)c2ccc(CC(=O)N(C(=O)OCc3ccccc3)C(CCCCN)C(=O)O)n2C)cc1. The van der Waals surface area contributed by atoms with Gasteiger partial charge in [-0.15, -0.1) is 0 Å². The molecule has 9 nitrogen and oxygen atoms in total. The summed E-state index contributed by atoms with van der Waals surface area (Å²) in [5, 5.41) is 9.89. The number of unbranched alkanes of at least 4 members (excludes halogenated alkanes) is 1. The molecule has 0 radical (unpaired) electrons. The molecule has 1 atom stereocenters. The summed E-state index contributed by atoms with van der Waals surface area (Å²) in [6.07, 6.45) is -0.318. The number of carbonyl (C=O) groups is 4. The Kier molecular flexibility index (Phi) is 9.95. The van der Waals surface area contributed by atoms with Crippen molar-refractivity contribution in [1.82, 2.24) is 9.47 Å². The van der Waals surface area contributed by atoms with Crippen molar-refractivity contribution < 1.29 is 29.0 Å². The van der Waals surface area contributed by atoms with Crippen LogP contribution < -0.4 is 5.73 Å². The van der Waals surface area contributed by atoms with Gasteiger partial charge in [0.15, 0.2) is 0 Å². The van der Waals surface area contributed by atoms with Gasteiger partial charge >= 0.3 is 12.1 Å². The van der Waals surface area contributed by atoms with Crippen LogP contribution in [0.25, 0.3) is 0 Å². The van der Waals surface area contributed by atoms with Crippen LogP contribution in [0.4, 0.5) is 4.79 Å². The van der Waals surface area contributed by atoms with Gasteiger partial charge in [-0.2, -0.15) is 0 Å². The van der Waals surface area contributed by atoms with E-state index < -0.39 is 24.0 Å². The number of aromatic nitrogens is 1. The van der Waals surface area contributed by atoms with Gasteiger partial charge < -0.3 is 20.1 Å². The van der Waals surface area contributed by atoms with Crippen LogP contribution in [0.15, 0.2) is 66.7 Å². The third kappa shape index (κ3) is 7.17. The van der Waals surface area contributed by atoms with Gasteiger partial charge in [-0.1, -0.05) is 60.2 Å². The molecule has 0 aliphatic heterocycles. The fraction of sp³-hybridized carbons (Fsp3) is 0.310. The number of hydrogen-bond donors (Lipinski definition) is 2. The van der Waals surface area contributed by atoms with E-state index in [0.717, 1.165) is 5.56 Å². The molecular formula is C29H33N3O6. The van der Waals surface area contributed by atoms with Crippen LogP contribution in [0.5, 0.6) is 0 Å². The molecule has 2 aromatic carbocycles. The normalized spacial score (nSPS) is 11.6. The second-order valence-corrected chi connectivity index (χ2v) is 9.08. The zero-order valence-electron chi connectivity index (χ0n) is 21.6. The first-order valence-corrected chi connectivity index (χ1v) is 12.4. The number of rotatable bonds is 12. The molecule has 0 bridgehead atoms. The van der Waals surface area contributed by atoms with E-state index >= 15 is 0 Å². The van der Waals surface area contributed by atoms with Crippen molar-refractivity contribution in [2.75, 3.05) is 6.54 Å². The first-order valence-electron chi connectivity index (χ1n) is 12.4. The molecule has 9 heteroatoms. The molecule has 1 heterocycles. The Morgan fingerprint density at radius 3 is 2.29 bits per heavy atom. The van der Waals surface area contributed by atoms with E-state index in [2.05, 4.69) is 0 Å². The highest BCUT2D eigenvalue weighted by Crippen LogP contribution is 2.18. The number of carboxylic acids is 1. The van der Waals surface area contributed by atoms with Crippen LogP contribution in [-0.4, -0.2) is 50.9 Å². The van der Waals surface area contributed by atoms with Crippen LogP contribution in [0.2, 0.25) is 0 Å². The number of nitrogens with two attached hydrogens (primary N) is 1. The lowest BCUT2D eigenvalue weighted by molar-refractivity contribution is -0.149. The van der Waals surface area contributed by atoms with E-state index in [0.29, 0.717) is 46.8 Å². The monoisotopic (exact) mass is 519 g/mol. The molecule has 3 N–H and O–H groups in total. The number of carbonyl (C=O) groups excluding carboxylic acids is 3. The van der Waals surface area contributed by atoms with Gasteiger partial charge in [0, 0.05) is 18.3 Å². The molecule has 3 aromatic rings. The van der Waals surface area contributed by atoms with Crippen molar-refractivity contribution in [2.24, 2.45) is 12.8 Å². The van der Waals surface area contributed by atoms with Gasteiger partial charge in [0.1, 0.15) is 12.6 Å². The van der Waals surface area contributed by atoms with Gasteiger partial charge in [0.2, 0.25) is 11.7 Å². The Hall–Kier alpha value is -4.24. The maximum Gasteiger partial charge on any atom is 0.417 e. The van der Waals surface area contributed by atoms with Crippen LogP contribution in [0.3, 0.4) is 0 Å². The van der Waals surface area contributed by atoms with E-state index in [9.17, 15) is 24.3 Å². The fourth-order valence-corrected chi connectivity index (χ4v) is 4.09. The fourth-order valence-electron chi connectivity index (χ4n) is 4.09. The van der Waals surface area contributed by atoms with Crippen molar-refractivity contribution in [1.29, 1.82) is 0 Å². The minimum atomic E-state index is -1.41. The van der Waals surface area contributed by atoms with Crippen molar-refractivity contribution in [3.05, 3.63) is 94.8 Å². The number of aliphatic carboxylic acids is 1. The molecule has 0 aliphatic carbocycles. The minimum Gasteiger partial charge on any atom is -0.480 e. The predicted molar refractivity (Wildman–Crippen MR) is 142 cm³/mol. The quantitative estimate of drug-likeness (QED) is 0.274. The van der Waals surface area contributed by atoms with Crippen LogP contribution >= 0.6 is 0 Å². The molecule has 2 amide bonds.